The largest absolute Gasteiger partial charge is 0.351 e. The molecule has 15 heavy (non-hydrogen) atoms. The normalized spacial score (nSPS) is 23.9. The minimum absolute atomic E-state index is 0.751. The molecule has 1 heterocycles. The second kappa shape index (κ2) is 3.93. The Balaban J connectivity index is 2.04. The number of aryl methyl sites for hydroxylation is 1. The monoisotopic (exact) mass is 224 g/mol. The minimum atomic E-state index is 0.751. The van der Waals surface area contributed by atoms with E-state index < -0.39 is 0 Å². The summed E-state index contributed by atoms with van der Waals surface area (Å²) in [4.78, 5) is 18.0. The standard InChI is InChI=1S/C11H16N2OS/c1-7-4-9(7)5-13(3)11-12-8(2)10(6-14)15-11/h6-7,9H,4-5H2,1-3H3. The molecule has 1 saturated carbocycles. The minimum Gasteiger partial charge on any atom is -0.351 e. The number of anilines is 1. The van der Waals surface area contributed by atoms with Gasteiger partial charge in [-0.15, -0.1) is 0 Å². The smallest absolute Gasteiger partial charge is 0.185 e. The highest BCUT2D eigenvalue weighted by Crippen LogP contribution is 2.39. The van der Waals surface area contributed by atoms with E-state index in [1.54, 1.807) is 0 Å². The Hall–Kier alpha value is -0.900. The van der Waals surface area contributed by atoms with E-state index in [1.807, 2.05) is 6.92 Å². The van der Waals surface area contributed by atoms with Crippen LogP contribution in [0.25, 0.3) is 0 Å². The summed E-state index contributed by atoms with van der Waals surface area (Å²) in [6.07, 6.45) is 2.22. The van der Waals surface area contributed by atoms with Gasteiger partial charge in [0.25, 0.3) is 0 Å². The lowest BCUT2D eigenvalue weighted by Crippen LogP contribution is -2.20. The van der Waals surface area contributed by atoms with E-state index in [9.17, 15) is 4.79 Å². The molecule has 0 radical (unpaired) electrons. The summed E-state index contributed by atoms with van der Waals surface area (Å²) in [5.74, 6) is 1.68. The molecule has 1 aliphatic carbocycles. The third-order valence-electron chi connectivity index (χ3n) is 3.04. The lowest BCUT2D eigenvalue weighted by molar-refractivity contribution is 0.112. The van der Waals surface area contributed by atoms with Crippen molar-refractivity contribution in [1.29, 1.82) is 0 Å². The van der Waals surface area contributed by atoms with Gasteiger partial charge in [-0.3, -0.25) is 4.79 Å². The zero-order valence-electron chi connectivity index (χ0n) is 9.36. The number of carbonyl (C=O) groups excluding carboxylic acids is 1. The van der Waals surface area contributed by atoms with E-state index in [-0.39, 0.29) is 0 Å². The molecular formula is C11H16N2OS. The summed E-state index contributed by atoms with van der Waals surface area (Å²) < 4.78 is 0. The SMILES string of the molecule is Cc1nc(N(C)CC2CC2C)sc1C=O. The molecule has 1 fully saturated rings. The number of hydrogen-bond acceptors (Lipinski definition) is 4. The van der Waals surface area contributed by atoms with Crippen LogP contribution in [0, 0.1) is 18.8 Å². The summed E-state index contributed by atoms with van der Waals surface area (Å²) >= 11 is 1.49. The number of hydrogen-bond donors (Lipinski definition) is 0. The van der Waals surface area contributed by atoms with E-state index in [2.05, 4.69) is 23.9 Å². The Kier molecular flexibility index (Phi) is 2.78. The van der Waals surface area contributed by atoms with Gasteiger partial charge in [-0.1, -0.05) is 18.3 Å². The molecule has 1 aromatic heterocycles. The molecule has 82 valence electrons. The van der Waals surface area contributed by atoms with Gasteiger partial charge in [0, 0.05) is 13.6 Å². The quantitative estimate of drug-likeness (QED) is 0.736. The fourth-order valence-electron chi connectivity index (χ4n) is 1.75. The van der Waals surface area contributed by atoms with Gasteiger partial charge < -0.3 is 4.90 Å². The molecule has 2 rings (SSSR count). The first kappa shape index (κ1) is 10.6. The van der Waals surface area contributed by atoms with Gasteiger partial charge >= 0.3 is 0 Å². The number of aldehydes is 1. The maximum absolute atomic E-state index is 10.7. The molecule has 0 amide bonds. The van der Waals surface area contributed by atoms with Gasteiger partial charge in [0.1, 0.15) is 0 Å². The molecule has 2 atom stereocenters. The summed E-state index contributed by atoms with van der Waals surface area (Å²) in [6.45, 7) is 5.23. The Morgan fingerprint density at radius 3 is 2.80 bits per heavy atom. The zero-order chi connectivity index (χ0) is 11.0. The third kappa shape index (κ3) is 2.20. The Morgan fingerprint density at radius 2 is 2.33 bits per heavy atom. The van der Waals surface area contributed by atoms with Crippen molar-refractivity contribution in [1.82, 2.24) is 4.98 Å². The molecule has 0 aromatic carbocycles. The van der Waals surface area contributed by atoms with Crippen molar-refractivity contribution in [3.8, 4) is 0 Å². The van der Waals surface area contributed by atoms with Gasteiger partial charge in [0.15, 0.2) is 11.4 Å². The first-order valence-corrected chi connectivity index (χ1v) is 6.07. The lowest BCUT2D eigenvalue weighted by Gasteiger charge is -2.14. The number of carbonyl (C=O) groups is 1. The van der Waals surface area contributed by atoms with Crippen molar-refractivity contribution in [2.45, 2.75) is 20.3 Å². The van der Waals surface area contributed by atoms with Gasteiger partial charge in [-0.25, -0.2) is 4.98 Å². The van der Waals surface area contributed by atoms with Gasteiger partial charge in [-0.2, -0.15) is 0 Å². The molecule has 0 saturated heterocycles. The van der Waals surface area contributed by atoms with Crippen molar-refractivity contribution >= 4 is 22.8 Å². The van der Waals surface area contributed by atoms with E-state index in [1.165, 1.54) is 17.8 Å². The highest BCUT2D eigenvalue weighted by molar-refractivity contribution is 7.17. The molecule has 3 nitrogen and oxygen atoms in total. The van der Waals surface area contributed by atoms with E-state index >= 15 is 0 Å². The predicted octanol–water partition coefficient (Wildman–Crippen LogP) is 2.36. The van der Waals surface area contributed by atoms with Gasteiger partial charge in [0.2, 0.25) is 0 Å². The molecule has 4 heteroatoms. The molecular weight excluding hydrogens is 208 g/mol. The fraction of sp³-hybridized carbons (Fsp3) is 0.636. The highest BCUT2D eigenvalue weighted by atomic mass is 32.1. The highest BCUT2D eigenvalue weighted by Gasteiger charge is 2.33. The molecule has 0 N–H and O–H groups in total. The summed E-state index contributed by atoms with van der Waals surface area (Å²) in [5, 5.41) is 0.966. The Morgan fingerprint density at radius 1 is 1.67 bits per heavy atom. The molecule has 1 aromatic rings. The van der Waals surface area contributed by atoms with E-state index in [4.69, 9.17) is 0 Å². The van der Waals surface area contributed by atoms with Crippen LogP contribution >= 0.6 is 11.3 Å². The predicted molar refractivity (Wildman–Crippen MR) is 62.8 cm³/mol. The van der Waals surface area contributed by atoms with Crippen LogP contribution in [0.2, 0.25) is 0 Å². The van der Waals surface area contributed by atoms with Crippen LogP contribution < -0.4 is 4.90 Å². The Labute approximate surface area is 94.1 Å². The molecule has 2 unspecified atom stereocenters. The first-order valence-electron chi connectivity index (χ1n) is 5.25. The topological polar surface area (TPSA) is 33.2 Å². The maximum atomic E-state index is 10.7. The van der Waals surface area contributed by atoms with Gasteiger partial charge in [0.05, 0.1) is 10.6 Å². The van der Waals surface area contributed by atoms with Crippen molar-refractivity contribution in [3.63, 3.8) is 0 Å². The number of thiazole rings is 1. The average molecular weight is 224 g/mol. The lowest BCUT2D eigenvalue weighted by atomic mass is 10.3. The second-order valence-corrected chi connectivity index (χ2v) is 5.43. The fourth-order valence-corrected chi connectivity index (χ4v) is 2.60. The van der Waals surface area contributed by atoms with Crippen LogP contribution in [-0.2, 0) is 0 Å². The maximum Gasteiger partial charge on any atom is 0.185 e. The second-order valence-electron chi connectivity index (χ2n) is 4.42. The number of aromatic nitrogens is 1. The summed E-state index contributed by atoms with van der Waals surface area (Å²) in [7, 11) is 2.05. The van der Waals surface area contributed by atoms with E-state index in [0.717, 1.165) is 40.4 Å². The number of rotatable bonds is 4. The Bertz CT molecular complexity index is 375. The zero-order valence-corrected chi connectivity index (χ0v) is 10.2. The van der Waals surface area contributed by atoms with Gasteiger partial charge in [-0.05, 0) is 25.2 Å². The summed E-state index contributed by atoms with van der Waals surface area (Å²) in [5.41, 5.74) is 0.848. The van der Waals surface area contributed by atoms with Crippen LogP contribution in [0.15, 0.2) is 0 Å². The van der Waals surface area contributed by atoms with Crippen LogP contribution in [-0.4, -0.2) is 24.9 Å². The average Bonchev–Trinajstić information content (AvgIpc) is 2.75. The molecule has 0 aliphatic heterocycles. The third-order valence-corrected chi connectivity index (χ3v) is 4.24. The van der Waals surface area contributed by atoms with Crippen LogP contribution in [0.4, 0.5) is 5.13 Å². The summed E-state index contributed by atoms with van der Waals surface area (Å²) in [6, 6.07) is 0. The van der Waals surface area contributed by atoms with Crippen LogP contribution in [0.3, 0.4) is 0 Å². The van der Waals surface area contributed by atoms with E-state index in [0.29, 0.717) is 0 Å². The van der Waals surface area contributed by atoms with Crippen molar-refractivity contribution in [2.75, 3.05) is 18.5 Å². The molecule has 0 bridgehead atoms. The van der Waals surface area contributed by atoms with Crippen molar-refractivity contribution in [2.24, 2.45) is 11.8 Å². The molecule has 0 spiro atoms. The van der Waals surface area contributed by atoms with Crippen LogP contribution in [0.5, 0.6) is 0 Å². The van der Waals surface area contributed by atoms with Crippen LogP contribution in [0.1, 0.15) is 28.7 Å². The van der Waals surface area contributed by atoms with Crippen molar-refractivity contribution < 1.29 is 4.79 Å². The first-order chi connectivity index (χ1) is 7.11. The number of nitrogens with zero attached hydrogens (tertiary/aromatic N) is 2. The molecule has 1 aliphatic rings. The van der Waals surface area contributed by atoms with Crippen molar-refractivity contribution in [3.05, 3.63) is 10.6 Å².